The van der Waals surface area contributed by atoms with Crippen molar-refractivity contribution in [3.63, 3.8) is 0 Å². The zero-order chi connectivity index (χ0) is 19.0. The first-order valence-corrected chi connectivity index (χ1v) is 8.29. The van der Waals surface area contributed by atoms with E-state index in [1.54, 1.807) is 20.8 Å². The Hall–Kier alpha value is -2.68. The average molecular weight is 368 g/mol. The molecule has 2 amide bonds. The first-order valence-electron chi connectivity index (χ1n) is 7.47. The minimum absolute atomic E-state index is 0.110. The van der Waals surface area contributed by atoms with Crippen LogP contribution in [0.3, 0.4) is 0 Å². The second kappa shape index (κ2) is 9.58. The molecule has 0 bridgehead atoms. The van der Waals surface area contributed by atoms with Crippen LogP contribution in [0.4, 0.5) is 5.00 Å². The molecular formula is C16H20N2O6S. The van der Waals surface area contributed by atoms with Crippen LogP contribution < -0.4 is 10.6 Å². The molecule has 1 aromatic heterocycles. The summed E-state index contributed by atoms with van der Waals surface area (Å²) in [5, 5.41) is 5.12. The lowest BCUT2D eigenvalue weighted by Crippen LogP contribution is -2.21. The fourth-order valence-corrected chi connectivity index (χ4v) is 3.02. The molecule has 0 saturated carbocycles. The Kier molecular flexibility index (Phi) is 7.80. The normalized spacial score (nSPS) is 10.4. The smallest absolute Gasteiger partial charge is 0.341 e. The van der Waals surface area contributed by atoms with Crippen LogP contribution in [0.25, 0.3) is 0 Å². The van der Waals surface area contributed by atoms with Gasteiger partial charge in [-0.3, -0.25) is 9.59 Å². The maximum Gasteiger partial charge on any atom is 0.341 e. The Morgan fingerprint density at radius 1 is 1.20 bits per heavy atom. The molecule has 1 rings (SSSR count). The number of carbonyl (C=O) groups excluding carboxylic acids is 4. The van der Waals surface area contributed by atoms with Gasteiger partial charge in [-0.2, -0.15) is 0 Å². The minimum atomic E-state index is -0.656. The summed E-state index contributed by atoms with van der Waals surface area (Å²) in [5.74, 6) is -2.31. The van der Waals surface area contributed by atoms with Gasteiger partial charge in [0.25, 0.3) is 11.8 Å². The lowest BCUT2D eigenvalue weighted by atomic mass is 10.1. The van der Waals surface area contributed by atoms with E-state index in [-0.39, 0.29) is 28.0 Å². The summed E-state index contributed by atoms with van der Waals surface area (Å²) < 4.78 is 9.72. The van der Waals surface area contributed by atoms with Gasteiger partial charge in [-0.15, -0.1) is 11.3 Å². The van der Waals surface area contributed by atoms with E-state index in [1.807, 2.05) is 0 Å². The highest BCUT2D eigenvalue weighted by atomic mass is 32.1. The van der Waals surface area contributed by atoms with Crippen molar-refractivity contribution >= 4 is 40.1 Å². The van der Waals surface area contributed by atoms with Gasteiger partial charge in [-0.1, -0.05) is 6.08 Å². The third-order valence-electron chi connectivity index (χ3n) is 2.96. The van der Waals surface area contributed by atoms with Gasteiger partial charge in [-0.05, 0) is 26.3 Å². The van der Waals surface area contributed by atoms with E-state index in [2.05, 4.69) is 10.6 Å². The number of hydrogen-bond donors (Lipinski definition) is 2. The molecule has 136 valence electrons. The van der Waals surface area contributed by atoms with Crippen LogP contribution in [0.2, 0.25) is 0 Å². The Morgan fingerprint density at radius 2 is 1.88 bits per heavy atom. The van der Waals surface area contributed by atoms with E-state index >= 15 is 0 Å². The van der Waals surface area contributed by atoms with Crippen LogP contribution in [0, 0.1) is 6.92 Å². The number of thiophene rings is 1. The second-order valence-corrected chi connectivity index (χ2v) is 5.74. The van der Waals surface area contributed by atoms with Crippen LogP contribution >= 0.6 is 11.3 Å². The fourth-order valence-electron chi connectivity index (χ4n) is 1.86. The highest BCUT2D eigenvalue weighted by molar-refractivity contribution is 7.18. The summed E-state index contributed by atoms with van der Waals surface area (Å²) >= 11 is 0.947. The summed E-state index contributed by atoms with van der Waals surface area (Å²) in [6.45, 7) is 4.52. The standard InChI is InChI=1S/C16H20N2O6S/c1-5-7-11(20)24-8-10(19)18-15-12(16(22)23-6-2)9(3)13(25-15)14(21)17-4/h5,7H,6,8H2,1-4H3,(H,17,21)(H,18,19). The summed E-state index contributed by atoms with van der Waals surface area (Å²) in [5.41, 5.74) is 0.516. The molecule has 8 nitrogen and oxygen atoms in total. The van der Waals surface area contributed by atoms with Gasteiger partial charge in [0.05, 0.1) is 17.0 Å². The quantitative estimate of drug-likeness (QED) is 0.559. The molecule has 9 heteroatoms. The van der Waals surface area contributed by atoms with Gasteiger partial charge in [0.2, 0.25) is 0 Å². The van der Waals surface area contributed by atoms with Crippen molar-refractivity contribution in [1.82, 2.24) is 5.32 Å². The molecule has 1 aromatic rings. The van der Waals surface area contributed by atoms with Crippen LogP contribution in [-0.2, 0) is 19.1 Å². The van der Waals surface area contributed by atoms with Crippen molar-refractivity contribution in [3.8, 4) is 0 Å². The van der Waals surface area contributed by atoms with Crippen LogP contribution in [0.1, 0.15) is 39.4 Å². The lowest BCUT2D eigenvalue weighted by molar-refractivity contribution is -0.142. The highest BCUT2D eigenvalue weighted by Gasteiger charge is 2.26. The zero-order valence-corrected chi connectivity index (χ0v) is 15.2. The van der Waals surface area contributed by atoms with Crippen molar-refractivity contribution < 1.29 is 28.7 Å². The van der Waals surface area contributed by atoms with Gasteiger partial charge < -0.3 is 20.1 Å². The molecule has 0 aliphatic rings. The molecule has 0 aliphatic heterocycles. The third-order valence-corrected chi connectivity index (χ3v) is 4.17. The number of rotatable bonds is 7. The van der Waals surface area contributed by atoms with E-state index in [0.717, 1.165) is 11.3 Å². The average Bonchev–Trinajstić information content (AvgIpc) is 2.89. The molecule has 0 spiro atoms. The lowest BCUT2D eigenvalue weighted by Gasteiger charge is -2.07. The first kappa shape index (κ1) is 20.4. The van der Waals surface area contributed by atoms with Crippen molar-refractivity contribution in [1.29, 1.82) is 0 Å². The van der Waals surface area contributed by atoms with Crippen LogP contribution in [0.5, 0.6) is 0 Å². The molecule has 1 heterocycles. The number of esters is 2. The molecule has 25 heavy (non-hydrogen) atoms. The monoisotopic (exact) mass is 368 g/mol. The van der Waals surface area contributed by atoms with E-state index < -0.39 is 24.5 Å². The zero-order valence-electron chi connectivity index (χ0n) is 14.4. The van der Waals surface area contributed by atoms with Gasteiger partial charge >= 0.3 is 11.9 Å². The predicted octanol–water partition coefficient (Wildman–Crippen LogP) is 1.65. The van der Waals surface area contributed by atoms with Crippen LogP contribution in [0.15, 0.2) is 12.2 Å². The number of nitrogens with one attached hydrogen (secondary N) is 2. The number of allylic oxidation sites excluding steroid dienone is 1. The number of hydrogen-bond acceptors (Lipinski definition) is 7. The van der Waals surface area contributed by atoms with Gasteiger partial charge in [0, 0.05) is 13.1 Å². The summed E-state index contributed by atoms with van der Waals surface area (Å²) in [6, 6.07) is 0. The highest BCUT2D eigenvalue weighted by Crippen LogP contribution is 2.33. The van der Waals surface area contributed by atoms with Crippen molar-refractivity contribution in [2.45, 2.75) is 20.8 Å². The van der Waals surface area contributed by atoms with Crippen molar-refractivity contribution in [2.24, 2.45) is 0 Å². The Balaban J connectivity index is 3.03. The number of anilines is 1. The maximum atomic E-state index is 12.2. The maximum absolute atomic E-state index is 12.2. The van der Waals surface area contributed by atoms with E-state index in [0.29, 0.717) is 5.56 Å². The van der Waals surface area contributed by atoms with Gasteiger partial charge in [-0.25, -0.2) is 9.59 Å². The van der Waals surface area contributed by atoms with E-state index in [9.17, 15) is 19.2 Å². The second-order valence-electron chi connectivity index (χ2n) is 4.72. The third kappa shape index (κ3) is 5.42. The van der Waals surface area contributed by atoms with E-state index in [4.69, 9.17) is 9.47 Å². The molecule has 0 atom stereocenters. The Bertz CT molecular complexity index is 708. The summed E-state index contributed by atoms with van der Waals surface area (Å²) in [4.78, 5) is 47.5. The largest absolute Gasteiger partial charge is 0.462 e. The molecule has 0 aromatic carbocycles. The SMILES string of the molecule is CC=CC(=O)OCC(=O)Nc1sc(C(=O)NC)c(C)c1C(=O)OCC. The molecule has 0 fully saturated rings. The predicted molar refractivity (Wildman–Crippen MR) is 92.8 cm³/mol. The summed E-state index contributed by atoms with van der Waals surface area (Å²) in [6.07, 6.45) is 2.66. The molecular weight excluding hydrogens is 348 g/mol. The van der Waals surface area contributed by atoms with Crippen molar-refractivity contribution in [2.75, 3.05) is 25.6 Å². The van der Waals surface area contributed by atoms with Gasteiger partial charge in [0.1, 0.15) is 5.00 Å². The topological polar surface area (TPSA) is 111 Å². The minimum Gasteiger partial charge on any atom is -0.462 e. The number of ether oxygens (including phenoxy) is 2. The molecule has 0 saturated heterocycles. The number of amides is 2. The summed E-state index contributed by atoms with van der Waals surface area (Å²) in [7, 11) is 1.46. The molecule has 0 radical (unpaired) electrons. The Morgan fingerprint density at radius 3 is 2.44 bits per heavy atom. The van der Waals surface area contributed by atoms with Crippen LogP contribution in [-0.4, -0.2) is 44.0 Å². The van der Waals surface area contributed by atoms with E-state index in [1.165, 1.54) is 19.2 Å². The molecule has 0 unspecified atom stereocenters. The van der Waals surface area contributed by atoms with Gasteiger partial charge in [0.15, 0.2) is 6.61 Å². The number of carbonyl (C=O) groups is 4. The Labute approximate surface area is 149 Å². The molecule has 0 aliphatic carbocycles. The fraction of sp³-hybridized carbons (Fsp3) is 0.375. The first-order chi connectivity index (χ1) is 11.8. The van der Waals surface area contributed by atoms with Crippen molar-refractivity contribution in [3.05, 3.63) is 28.2 Å². The molecule has 2 N–H and O–H groups in total.